The van der Waals surface area contributed by atoms with E-state index in [1.54, 1.807) is 0 Å². The second-order valence-electron chi connectivity index (χ2n) is 2.90. The largest absolute Gasteiger partial charge is 0.460 e. The quantitative estimate of drug-likeness (QED) is 0.513. The van der Waals surface area contributed by atoms with Gasteiger partial charge in [0.05, 0.1) is 0 Å². The van der Waals surface area contributed by atoms with Crippen molar-refractivity contribution < 1.29 is 52.7 Å². The molecule has 0 aliphatic rings. The fraction of sp³-hybridized carbons (Fsp3) is 0.571. The summed E-state index contributed by atoms with van der Waals surface area (Å²) in [7, 11) is 0. The molecule has 0 fully saturated rings. The van der Waals surface area contributed by atoms with Crippen molar-refractivity contribution in [3.8, 4) is 0 Å². The van der Waals surface area contributed by atoms with E-state index in [-0.39, 0.29) is 0 Å². The van der Waals surface area contributed by atoms with Gasteiger partial charge >= 0.3 is 30.3 Å². The minimum atomic E-state index is -7.20. The van der Waals surface area contributed by atoms with Crippen molar-refractivity contribution in [1.82, 2.24) is 0 Å². The van der Waals surface area contributed by atoms with Crippen LogP contribution in [0.2, 0.25) is 0 Å². The van der Waals surface area contributed by atoms with Crippen molar-refractivity contribution in [1.29, 1.82) is 0 Å². The Kier molecular flexibility index (Phi) is 4.33. The molecule has 0 aliphatic heterocycles. The SMILES string of the molecule is FC(F)=C=C(C(F)(F)F)C(F)(F)C(F)(F)C(F)(F)F. The van der Waals surface area contributed by atoms with Crippen LogP contribution in [0.5, 0.6) is 0 Å². The Labute approximate surface area is 95.5 Å². The molecule has 0 amide bonds. The van der Waals surface area contributed by atoms with Gasteiger partial charge in [0.2, 0.25) is 0 Å². The molecule has 12 heteroatoms. The maximum absolute atomic E-state index is 12.6. The summed E-state index contributed by atoms with van der Waals surface area (Å²) in [6, 6.07) is 0. The van der Waals surface area contributed by atoms with Gasteiger partial charge < -0.3 is 0 Å². The highest BCUT2D eigenvalue weighted by Crippen LogP contribution is 2.52. The summed E-state index contributed by atoms with van der Waals surface area (Å²) in [5, 5.41) is 0. The zero-order valence-corrected chi connectivity index (χ0v) is 8.04. The fourth-order valence-electron chi connectivity index (χ4n) is 0.757. The van der Waals surface area contributed by atoms with Gasteiger partial charge in [-0.05, 0) is 5.73 Å². The van der Waals surface area contributed by atoms with Crippen LogP contribution < -0.4 is 0 Å². The van der Waals surface area contributed by atoms with E-state index in [1.807, 2.05) is 0 Å². The van der Waals surface area contributed by atoms with Gasteiger partial charge in [-0.3, -0.25) is 0 Å². The lowest BCUT2D eigenvalue weighted by Gasteiger charge is -2.29. The van der Waals surface area contributed by atoms with Gasteiger partial charge in [0.25, 0.3) is 0 Å². The van der Waals surface area contributed by atoms with E-state index in [1.165, 1.54) is 0 Å². The molecule has 0 nitrogen and oxygen atoms in total. The molecule has 0 aromatic heterocycles. The lowest BCUT2D eigenvalue weighted by atomic mass is 10.0. The number of alkyl halides is 10. The molecule has 0 N–H and O–H groups in total. The Morgan fingerprint density at radius 2 is 1.05 bits per heavy atom. The number of allylic oxidation sites excluding steroid dienone is 1. The molecule has 0 rings (SSSR count). The highest BCUT2D eigenvalue weighted by molar-refractivity contribution is 5.23. The predicted molar refractivity (Wildman–Crippen MR) is 34.8 cm³/mol. The van der Waals surface area contributed by atoms with Gasteiger partial charge in [0.15, 0.2) is 5.57 Å². The van der Waals surface area contributed by atoms with Crippen molar-refractivity contribution in [3.63, 3.8) is 0 Å². The standard InChI is InChI=1S/C7F12/c8-3(9)1-2(5(12,13)14)4(10,11)6(15,16)7(17,18)19. The topological polar surface area (TPSA) is 0 Å². The number of hydrogen-bond acceptors (Lipinski definition) is 0. The molecular weight excluding hydrogens is 312 g/mol. The molecule has 0 aliphatic carbocycles. The lowest BCUT2D eigenvalue weighted by Crippen LogP contribution is -2.54. The first-order valence-corrected chi connectivity index (χ1v) is 3.77. The van der Waals surface area contributed by atoms with E-state index >= 15 is 0 Å². The maximum Gasteiger partial charge on any atom is 0.460 e. The van der Waals surface area contributed by atoms with Gasteiger partial charge in [-0.1, -0.05) is 0 Å². The summed E-state index contributed by atoms with van der Waals surface area (Å²) in [5.74, 6) is -14.2. The van der Waals surface area contributed by atoms with Gasteiger partial charge in [-0.2, -0.15) is 52.7 Å². The lowest BCUT2D eigenvalue weighted by molar-refractivity contribution is -0.350. The molecule has 0 atom stereocenters. The third kappa shape index (κ3) is 3.37. The van der Waals surface area contributed by atoms with E-state index in [0.29, 0.717) is 0 Å². The fourth-order valence-corrected chi connectivity index (χ4v) is 0.757. The number of halogens is 12. The molecule has 19 heavy (non-hydrogen) atoms. The average Bonchev–Trinajstić information content (AvgIpc) is 2.09. The minimum absolute atomic E-state index is 0.517. The monoisotopic (exact) mass is 312 g/mol. The highest BCUT2D eigenvalue weighted by Gasteiger charge is 2.77. The third-order valence-electron chi connectivity index (χ3n) is 1.57. The minimum Gasteiger partial charge on any atom is -0.193 e. The number of rotatable bonds is 2. The van der Waals surface area contributed by atoms with E-state index in [2.05, 4.69) is 0 Å². The van der Waals surface area contributed by atoms with Gasteiger partial charge in [-0.15, -0.1) is 0 Å². The molecule has 0 aromatic rings. The summed E-state index contributed by atoms with van der Waals surface area (Å²) in [5.41, 5.74) is -4.64. The zero-order chi connectivity index (χ0) is 15.9. The first kappa shape index (κ1) is 17.7. The normalized spacial score (nSPS) is 14.1. The Bertz CT molecular complexity index is 397. The zero-order valence-electron chi connectivity index (χ0n) is 8.04. The van der Waals surface area contributed by atoms with Crippen molar-refractivity contribution >= 4 is 0 Å². The summed E-state index contributed by atoms with van der Waals surface area (Å²) < 4.78 is 143. The first-order chi connectivity index (χ1) is 8.05. The second-order valence-corrected chi connectivity index (χ2v) is 2.90. The molecule has 112 valence electrons. The van der Waals surface area contributed by atoms with Crippen molar-refractivity contribution in [2.75, 3.05) is 0 Å². The molecule has 0 spiro atoms. The van der Waals surface area contributed by atoms with Gasteiger partial charge in [-0.25, -0.2) is 0 Å². The maximum atomic E-state index is 12.6. The molecular formula is C7F12. The van der Waals surface area contributed by atoms with Crippen LogP contribution in [0.4, 0.5) is 52.7 Å². The molecule has 0 saturated carbocycles. The number of hydrogen-bond donors (Lipinski definition) is 0. The Balaban J connectivity index is 6.23. The van der Waals surface area contributed by atoms with Crippen LogP contribution in [-0.2, 0) is 0 Å². The Morgan fingerprint density at radius 1 is 0.684 bits per heavy atom. The van der Waals surface area contributed by atoms with Crippen molar-refractivity contribution in [2.45, 2.75) is 24.2 Å². The summed E-state index contributed by atoms with van der Waals surface area (Å²) in [6.45, 7) is 0. The van der Waals surface area contributed by atoms with Crippen LogP contribution in [0.15, 0.2) is 17.4 Å². The first-order valence-electron chi connectivity index (χ1n) is 3.77. The van der Waals surface area contributed by atoms with Crippen LogP contribution >= 0.6 is 0 Å². The smallest absolute Gasteiger partial charge is 0.193 e. The molecule has 0 radical (unpaired) electrons. The van der Waals surface area contributed by atoms with Crippen molar-refractivity contribution in [3.05, 3.63) is 17.4 Å². The molecule has 0 unspecified atom stereocenters. The van der Waals surface area contributed by atoms with Crippen LogP contribution in [0, 0.1) is 0 Å². The predicted octanol–water partition coefficient (Wildman–Crippen LogP) is 4.69. The average molecular weight is 312 g/mol. The van der Waals surface area contributed by atoms with Gasteiger partial charge in [0, 0.05) is 0 Å². The molecule has 0 saturated heterocycles. The second kappa shape index (κ2) is 4.66. The summed E-state index contributed by atoms with van der Waals surface area (Å²) in [4.78, 5) is 0. The molecule has 0 heterocycles. The van der Waals surface area contributed by atoms with E-state index in [4.69, 9.17) is 0 Å². The van der Waals surface area contributed by atoms with Crippen molar-refractivity contribution in [2.24, 2.45) is 0 Å². The van der Waals surface area contributed by atoms with E-state index in [0.717, 1.165) is 0 Å². The van der Waals surface area contributed by atoms with Crippen LogP contribution in [-0.4, -0.2) is 24.2 Å². The Hall–Kier alpha value is -1.32. The van der Waals surface area contributed by atoms with Crippen LogP contribution in [0.1, 0.15) is 0 Å². The van der Waals surface area contributed by atoms with E-state index in [9.17, 15) is 52.7 Å². The van der Waals surface area contributed by atoms with E-state index < -0.39 is 41.6 Å². The van der Waals surface area contributed by atoms with Gasteiger partial charge in [0.1, 0.15) is 0 Å². The summed E-state index contributed by atoms with van der Waals surface area (Å²) >= 11 is 0. The third-order valence-corrected chi connectivity index (χ3v) is 1.57. The Morgan fingerprint density at radius 3 is 1.26 bits per heavy atom. The van der Waals surface area contributed by atoms with Crippen LogP contribution in [0.3, 0.4) is 0 Å². The van der Waals surface area contributed by atoms with Crippen LogP contribution in [0.25, 0.3) is 0 Å². The highest BCUT2D eigenvalue weighted by atomic mass is 19.4. The molecule has 0 bridgehead atoms. The summed E-state index contributed by atoms with van der Waals surface area (Å²) in [6.07, 6.45) is -17.3. The molecule has 0 aromatic carbocycles.